The normalized spacial score (nSPS) is 10.8. The molecule has 0 aliphatic rings. The Morgan fingerprint density at radius 1 is 1.48 bits per heavy atom. The van der Waals surface area contributed by atoms with Crippen molar-refractivity contribution >= 4 is 15.7 Å². The van der Waals surface area contributed by atoms with Crippen molar-refractivity contribution in [1.82, 2.24) is 10.2 Å². The molecular formula is C13H13FN4O2S. The Labute approximate surface area is 121 Å². The second kappa shape index (κ2) is 5.95. The van der Waals surface area contributed by atoms with Crippen molar-refractivity contribution in [2.24, 2.45) is 5.73 Å². The van der Waals surface area contributed by atoms with Gasteiger partial charge in [-0.15, -0.1) is 0 Å². The second-order valence-corrected chi connectivity index (χ2v) is 5.81. The van der Waals surface area contributed by atoms with Gasteiger partial charge in [0.15, 0.2) is 0 Å². The highest BCUT2D eigenvalue weighted by atomic mass is 32.2. The highest BCUT2D eigenvalue weighted by molar-refractivity contribution is 7.92. The Bertz CT molecular complexity index is 818. The molecule has 0 atom stereocenters. The van der Waals surface area contributed by atoms with E-state index in [0.29, 0.717) is 5.69 Å². The lowest BCUT2D eigenvalue weighted by atomic mass is 10.2. The molecule has 0 aliphatic heterocycles. The van der Waals surface area contributed by atoms with Crippen molar-refractivity contribution in [3.8, 4) is 11.8 Å². The summed E-state index contributed by atoms with van der Waals surface area (Å²) in [5.41, 5.74) is 6.06. The van der Waals surface area contributed by atoms with Crippen LogP contribution in [0.15, 0.2) is 29.3 Å². The third-order valence-electron chi connectivity index (χ3n) is 2.62. The molecule has 2 rings (SSSR count). The number of nitrogens with zero attached hydrogens (tertiary/aromatic N) is 1. The van der Waals surface area contributed by atoms with E-state index in [9.17, 15) is 12.8 Å². The fraction of sp³-hybridized carbons (Fsp3) is 0.154. The van der Waals surface area contributed by atoms with Crippen molar-refractivity contribution < 1.29 is 12.8 Å². The van der Waals surface area contributed by atoms with Crippen LogP contribution >= 0.6 is 0 Å². The first-order chi connectivity index (χ1) is 9.94. The van der Waals surface area contributed by atoms with Crippen molar-refractivity contribution in [1.29, 1.82) is 0 Å². The van der Waals surface area contributed by atoms with E-state index in [1.54, 1.807) is 6.92 Å². The van der Waals surface area contributed by atoms with Gasteiger partial charge in [0.25, 0.3) is 10.0 Å². The Kier molecular flexibility index (Phi) is 4.26. The van der Waals surface area contributed by atoms with Gasteiger partial charge in [-0.1, -0.05) is 11.8 Å². The Hall–Kier alpha value is -2.37. The molecule has 0 radical (unpaired) electrons. The zero-order valence-electron chi connectivity index (χ0n) is 11.1. The average Bonchev–Trinajstić information content (AvgIpc) is 2.86. The second-order valence-electron chi connectivity index (χ2n) is 4.16. The van der Waals surface area contributed by atoms with Crippen LogP contribution in [0.1, 0.15) is 11.3 Å². The number of aryl methyl sites for hydroxylation is 1. The van der Waals surface area contributed by atoms with Gasteiger partial charge in [-0.3, -0.25) is 9.82 Å². The number of H-pyrrole nitrogens is 1. The molecule has 1 aromatic carbocycles. The monoisotopic (exact) mass is 308 g/mol. The van der Waals surface area contributed by atoms with Crippen LogP contribution in [-0.4, -0.2) is 25.2 Å². The van der Waals surface area contributed by atoms with Gasteiger partial charge in [-0.2, -0.15) is 5.10 Å². The maximum absolute atomic E-state index is 13.3. The number of halogens is 1. The van der Waals surface area contributed by atoms with Gasteiger partial charge in [-0.05, 0) is 25.1 Å². The number of sulfonamides is 1. The number of hydrogen-bond donors (Lipinski definition) is 3. The lowest BCUT2D eigenvalue weighted by Crippen LogP contribution is -2.14. The minimum atomic E-state index is -3.83. The summed E-state index contributed by atoms with van der Waals surface area (Å²) in [7, 11) is -3.83. The Balaban J connectivity index is 2.42. The molecule has 0 bridgehead atoms. The first-order valence-electron chi connectivity index (χ1n) is 5.95. The SMILES string of the molecule is Cc1[nH]ncc1S(=O)(=O)Nc1ccc(F)cc1C#CCN. The fourth-order valence-electron chi connectivity index (χ4n) is 1.67. The van der Waals surface area contributed by atoms with Crippen LogP contribution in [0.25, 0.3) is 0 Å². The minimum Gasteiger partial charge on any atom is -0.320 e. The van der Waals surface area contributed by atoms with Crippen LogP contribution in [0.2, 0.25) is 0 Å². The number of hydrogen-bond acceptors (Lipinski definition) is 4. The molecule has 6 nitrogen and oxygen atoms in total. The predicted octanol–water partition coefficient (Wildman–Crippen LogP) is 0.968. The lowest BCUT2D eigenvalue weighted by Gasteiger charge is -2.09. The van der Waals surface area contributed by atoms with Crippen LogP contribution in [0, 0.1) is 24.6 Å². The molecule has 8 heteroatoms. The molecule has 0 saturated carbocycles. The van der Waals surface area contributed by atoms with Crippen LogP contribution < -0.4 is 10.5 Å². The van der Waals surface area contributed by atoms with Gasteiger partial charge < -0.3 is 5.73 Å². The molecule has 0 amide bonds. The van der Waals surface area contributed by atoms with Crippen LogP contribution in [0.3, 0.4) is 0 Å². The summed E-state index contributed by atoms with van der Waals surface area (Å²) >= 11 is 0. The summed E-state index contributed by atoms with van der Waals surface area (Å²) in [5, 5.41) is 6.21. The van der Waals surface area contributed by atoms with Crippen molar-refractivity contribution in [3.63, 3.8) is 0 Å². The highest BCUT2D eigenvalue weighted by Gasteiger charge is 2.19. The largest absolute Gasteiger partial charge is 0.320 e. The minimum absolute atomic E-state index is 0.0181. The van der Waals surface area contributed by atoms with Gasteiger partial charge in [-0.25, -0.2) is 12.8 Å². The van der Waals surface area contributed by atoms with E-state index in [0.717, 1.165) is 12.1 Å². The smallest absolute Gasteiger partial charge is 0.265 e. The molecule has 0 unspecified atom stereocenters. The first-order valence-corrected chi connectivity index (χ1v) is 7.43. The third-order valence-corrected chi connectivity index (χ3v) is 4.10. The molecule has 0 saturated heterocycles. The van der Waals surface area contributed by atoms with E-state index in [-0.39, 0.29) is 22.7 Å². The van der Waals surface area contributed by atoms with Gasteiger partial charge in [0, 0.05) is 0 Å². The van der Waals surface area contributed by atoms with Crippen molar-refractivity contribution in [3.05, 3.63) is 41.5 Å². The first kappa shape index (κ1) is 15.0. The fourth-order valence-corrected chi connectivity index (χ4v) is 2.88. The molecule has 0 fully saturated rings. The van der Waals surface area contributed by atoms with Crippen molar-refractivity contribution in [2.75, 3.05) is 11.3 Å². The standard InChI is InChI=1S/C13H13FN4O2S/c1-9-13(8-16-17-9)21(19,20)18-12-5-4-11(14)7-10(12)3-2-6-15/h4-5,7-8,18H,6,15H2,1H3,(H,16,17). The Morgan fingerprint density at radius 3 is 2.86 bits per heavy atom. The number of rotatable bonds is 3. The summed E-state index contributed by atoms with van der Waals surface area (Å²) in [4.78, 5) is 0.0181. The van der Waals surface area contributed by atoms with Gasteiger partial charge in [0.05, 0.1) is 29.7 Å². The summed E-state index contributed by atoms with van der Waals surface area (Å²) in [5.74, 6) is 4.68. The zero-order valence-corrected chi connectivity index (χ0v) is 12.0. The van der Waals surface area contributed by atoms with Gasteiger partial charge >= 0.3 is 0 Å². The van der Waals surface area contributed by atoms with E-state index in [1.165, 1.54) is 12.3 Å². The molecule has 0 spiro atoms. The number of nitrogens with two attached hydrogens (primary N) is 1. The van der Waals surface area contributed by atoms with Crippen LogP contribution in [0.5, 0.6) is 0 Å². The van der Waals surface area contributed by atoms with Gasteiger partial charge in [0.1, 0.15) is 10.7 Å². The molecule has 1 aromatic heterocycles. The summed E-state index contributed by atoms with van der Waals surface area (Å²) in [6.45, 7) is 1.67. The third kappa shape index (κ3) is 3.39. The number of benzene rings is 1. The van der Waals surface area contributed by atoms with E-state index in [1.807, 2.05) is 0 Å². The number of nitrogens with one attached hydrogen (secondary N) is 2. The number of aromatic amines is 1. The molecular weight excluding hydrogens is 295 g/mol. The average molecular weight is 308 g/mol. The molecule has 4 N–H and O–H groups in total. The highest BCUT2D eigenvalue weighted by Crippen LogP contribution is 2.21. The molecule has 1 heterocycles. The Morgan fingerprint density at radius 2 is 2.24 bits per heavy atom. The number of aromatic nitrogens is 2. The molecule has 0 aliphatic carbocycles. The van der Waals surface area contributed by atoms with Crippen molar-refractivity contribution in [2.45, 2.75) is 11.8 Å². The van der Waals surface area contributed by atoms with E-state index < -0.39 is 15.8 Å². The maximum atomic E-state index is 13.3. The summed E-state index contributed by atoms with van der Waals surface area (Å²) in [6, 6.07) is 3.60. The van der Waals surface area contributed by atoms with Crippen LogP contribution in [0.4, 0.5) is 10.1 Å². The quantitative estimate of drug-likeness (QED) is 0.735. The molecule has 110 valence electrons. The predicted molar refractivity (Wildman–Crippen MR) is 76.5 cm³/mol. The summed E-state index contributed by atoms with van der Waals surface area (Å²) < 4.78 is 40.1. The molecule has 21 heavy (non-hydrogen) atoms. The van der Waals surface area contributed by atoms with Gasteiger partial charge in [0.2, 0.25) is 0 Å². The number of anilines is 1. The zero-order chi connectivity index (χ0) is 15.5. The molecule has 2 aromatic rings. The van der Waals surface area contributed by atoms with E-state index >= 15 is 0 Å². The lowest BCUT2D eigenvalue weighted by molar-refractivity contribution is 0.600. The van der Waals surface area contributed by atoms with E-state index in [4.69, 9.17) is 5.73 Å². The summed E-state index contributed by atoms with van der Waals surface area (Å²) in [6.07, 6.45) is 1.20. The maximum Gasteiger partial charge on any atom is 0.265 e. The van der Waals surface area contributed by atoms with Crippen LogP contribution in [-0.2, 0) is 10.0 Å². The topological polar surface area (TPSA) is 101 Å². The van der Waals surface area contributed by atoms with E-state index in [2.05, 4.69) is 26.8 Å².